The van der Waals surface area contributed by atoms with Crippen LogP contribution in [0.1, 0.15) is 13.3 Å². The lowest BCUT2D eigenvalue weighted by Gasteiger charge is -2.23. The molecule has 0 fully saturated rings. The van der Waals surface area contributed by atoms with Crippen molar-refractivity contribution in [3.63, 3.8) is 0 Å². The van der Waals surface area contributed by atoms with Crippen LogP contribution >= 0.6 is 27.5 Å². The van der Waals surface area contributed by atoms with Gasteiger partial charge in [0, 0.05) is 12.1 Å². The van der Waals surface area contributed by atoms with Gasteiger partial charge in [0.05, 0.1) is 5.02 Å². The van der Waals surface area contributed by atoms with E-state index >= 15 is 0 Å². The number of nitrogens with zero attached hydrogens (tertiary/aromatic N) is 3. The van der Waals surface area contributed by atoms with Gasteiger partial charge in [-0.1, -0.05) is 18.5 Å². The smallest absolute Gasteiger partial charge is 0.329 e. The van der Waals surface area contributed by atoms with Crippen LogP contribution in [0.4, 0.5) is 5.82 Å². The molecule has 1 N–H and O–H groups in total. The summed E-state index contributed by atoms with van der Waals surface area (Å²) in [6, 6.07) is 2.57. The normalized spacial score (nSPS) is 23.1. The molecule has 0 amide bonds. The molecule has 2 heterocycles. The topological polar surface area (TPSA) is 65.8 Å². The third-order valence-electron chi connectivity index (χ3n) is 2.80. The lowest BCUT2D eigenvalue weighted by Crippen LogP contribution is -2.40. The summed E-state index contributed by atoms with van der Waals surface area (Å²) in [5.74, 6) is -0.776. The number of hydrogen-bond donors (Lipinski definition) is 1. The van der Waals surface area contributed by atoms with E-state index in [1.165, 1.54) is 5.01 Å². The van der Waals surface area contributed by atoms with Gasteiger partial charge in [-0.2, -0.15) is 5.10 Å². The van der Waals surface area contributed by atoms with Crippen molar-refractivity contribution in [2.24, 2.45) is 11.0 Å². The molecule has 1 aromatic heterocycles. The quantitative estimate of drug-likeness (QED) is 0.924. The van der Waals surface area contributed by atoms with Gasteiger partial charge in [0.25, 0.3) is 0 Å². The van der Waals surface area contributed by atoms with Crippen molar-refractivity contribution < 1.29 is 9.90 Å². The number of anilines is 1. The number of aromatic nitrogens is 1. The molecule has 96 valence electrons. The maximum Gasteiger partial charge on any atom is 0.329 e. The van der Waals surface area contributed by atoms with E-state index in [4.69, 9.17) is 11.6 Å². The van der Waals surface area contributed by atoms with Crippen LogP contribution < -0.4 is 5.01 Å². The van der Waals surface area contributed by atoms with Crippen molar-refractivity contribution in [2.75, 3.05) is 5.01 Å². The van der Waals surface area contributed by atoms with Crippen LogP contribution in [0.25, 0.3) is 0 Å². The lowest BCUT2D eigenvalue weighted by atomic mass is 9.99. The number of hydrogen-bond acceptors (Lipinski definition) is 4. The Kier molecular flexibility index (Phi) is 3.87. The van der Waals surface area contributed by atoms with E-state index in [-0.39, 0.29) is 5.92 Å². The molecule has 7 heteroatoms. The first kappa shape index (κ1) is 13.3. The predicted octanol–water partition coefficient (Wildman–Crippen LogP) is 2.74. The number of rotatable bonds is 3. The van der Waals surface area contributed by atoms with E-state index in [1.807, 2.05) is 6.92 Å². The third-order valence-corrected chi connectivity index (χ3v) is 3.84. The Morgan fingerprint density at radius 3 is 2.94 bits per heavy atom. The number of carboxylic acid groups (broad SMARTS) is 1. The fourth-order valence-corrected chi connectivity index (χ4v) is 2.89. The van der Waals surface area contributed by atoms with E-state index in [9.17, 15) is 9.90 Å². The summed E-state index contributed by atoms with van der Waals surface area (Å²) in [5.41, 5.74) is 0. The van der Waals surface area contributed by atoms with Gasteiger partial charge in [0.15, 0.2) is 11.9 Å². The van der Waals surface area contributed by atoms with E-state index in [0.717, 1.165) is 0 Å². The van der Waals surface area contributed by atoms with Gasteiger partial charge in [-0.15, -0.1) is 0 Å². The molecule has 0 aliphatic carbocycles. The van der Waals surface area contributed by atoms with Gasteiger partial charge < -0.3 is 5.11 Å². The molecule has 0 aromatic carbocycles. The molecule has 2 atom stereocenters. The van der Waals surface area contributed by atoms with Crippen molar-refractivity contribution in [3.8, 4) is 0 Å². The molecule has 0 radical (unpaired) electrons. The van der Waals surface area contributed by atoms with Crippen LogP contribution in [0.3, 0.4) is 0 Å². The highest BCUT2D eigenvalue weighted by Crippen LogP contribution is 2.34. The van der Waals surface area contributed by atoms with Gasteiger partial charge in [-0.05, 0) is 34.5 Å². The van der Waals surface area contributed by atoms with Gasteiger partial charge in [-0.3, -0.25) is 0 Å². The molecule has 1 aromatic rings. The Morgan fingerprint density at radius 1 is 1.67 bits per heavy atom. The molecular formula is C11H11BrClN3O2. The zero-order chi connectivity index (χ0) is 13.3. The number of hydrazone groups is 1. The van der Waals surface area contributed by atoms with Gasteiger partial charge >= 0.3 is 5.97 Å². The minimum absolute atomic E-state index is 0.194. The van der Waals surface area contributed by atoms with E-state index in [1.54, 1.807) is 18.3 Å². The first-order valence-electron chi connectivity index (χ1n) is 5.42. The maximum absolute atomic E-state index is 11.4. The molecule has 5 nitrogen and oxygen atoms in total. The lowest BCUT2D eigenvalue weighted by molar-refractivity contribution is -0.139. The SMILES string of the molecule is CCC1C(Br)=NN(c2ncccc2Cl)C1C(=O)O. The van der Waals surface area contributed by atoms with Gasteiger partial charge in [0.2, 0.25) is 0 Å². The highest BCUT2D eigenvalue weighted by molar-refractivity contribution is 9.18. The first-order chi connectivity index (χ1) is 8.56. The minimum Gasteiger partial charge on any atom is -0.480 e. The summed E-state index contributed by atoms with van der Waals surface area (Å²) in [5, 5.41) is 15.3. The second kappa shape index (κ2) is 5.24. The molecule has 0 saturated heterocycles. The molecule has 1 aliphatic heterocycles. The van der Waals surface area contributed by atoms with Crippen molar-refractivity contribution in [3.05, 3.63) is 23.4 Å². The third kappa shape index (κ3) is 2.22. The second-order valence-corrected chi connectivity index (χ2v) is 5.09. The van der Waals surface area contributed by atoms with E-state index in [0.29, 0.717) is 21.9 Å². The van der Waals surface area contributed by atoms with Crippen LogP contribution in [-0.2, 0) is 4.79 Å². The zero-order valence-electron chi connectivity index (χ0n) is 9.55. The Bertz CT molecular complexity index is 509. The zero-order valence-corrected chi connectivity index (χ0v) is 11.9. The molecular weight excluding hydrogens is 321 g/mol. The summed E-state index contributed by atoms with van der Waals surface area (Å²) >= 11 is 9.34. The fraction of sp³-hybridized carbons (Fsp3) is 0.364. The summed E-state index contributed by atoms with van der Waals surface area (Å²) in [4.78, 5) is 15.5. The number of aliphatic carboxylic acids is 1. The minimum atomic E-state index is -0.943. The molecule has 1 aliphatic rings. The van der Waals surface area contributed by atoms with Crippen LogP contribution in [0.2, 0.25) is 5.02 Å². The maximum atomic E-state index is 11.4. The fourth-order valence-electron chi connectivity index (χ4n) is 1.93. The number of carbonyl (C=O) groups is 1. The van der Waals surface area contributed by atoms with E-state index in [2.05, 4.69) is 26.0 Å². The van der Waals surface area contributed by atoms with E-state index < -0.39 is 12.0 Å². The second-order valence-electron chi connectivity index (χ2n) is 3.87. The van der Waals surface area contributed by atoms with Crippen molar-refractivity contribution in [2.45, 2.75) is 19.4 Å². The van der Waals surface area contributed by atoms with Gasteiger partial charge in [0.1, 0.15) is 4.62 Å². The van der Waals surface area contributed by atoms with Crippen molar-refractivity contribution >= 4 is 43.9 Å². The Hall–Kier alpha value is -1.14. The Labute approximate surface area is 118 Å². The van der Waals surface area contributed by atoms with Crippen LogP contribution in [0, 0.1) is 5.92 Å². The molecule has 18 heavy (non-hydrogen) atoms. The standard InChI is InChI=1S/C11H11BrClN3O2/c1-2-6-8(11(17)18)16(15-9(6)12)10-7(13)4-3-5-14-10/h3-6,8H,2H2,1H3,(H,17,18). The number of pyridine rings is 1. The molecule has 2 rings (SSSR count). The van der Waals surface area contributed by atoms with Crippen molar-refractivity contribution in [1.29, 1.82) is 0 Å². The largest absolute Gasteiger partial charge is 0.480 e. The summed E-state index contributed by atoms with van der Waals surface area (Å²) < 4.78 is 0.610. The molecule has 0 saturated carbocycles. The Morgan fingerprint density at radius 2 is 2.39 bits per heavy atom. The average Bonchev–Trinajstić information content (AvgIpc) is 2.66. The highest BCUT2D eigenvalue weighted by Gasteiger charge is 2.42. The summed E-state index contributed by atoms with van der Waals surface area (Å²) in [6.07, 6.45) is 2.23. The molecule has 0 bridgehead atoms. The van der Waals surface area contributed by atoms with Gasteiger partial charge in [-0.25, -0.2) is 14.8 Å². The van der Waals surface area contributed by atoms with Crippen LogP contribution in [0.15, 0.2) is 23.4 Å². The predicted molar refractivity (Wildman–Crippen MR) is 73.3 cm³/mol. The first-order valence-corrected chi connectivity index (χ1v) is 6.60. The number of carboxylic acids is 1. The van der Waals surface area contributed by atoms with Crippen LogP contribution in [-0.4, -0.2) is 26.7 Å². The monoisotopic (exact) mass is 331 g/mol. The highest BCUT2D eigenvalue weighted by atomic mass is 79.9. The average molecular weight is 333 g/mol. The molecule has 0 spiro atoms. The van der Waals surface area contributed by atoms with Crippen molar-refractivity contribution in [1.82, 2.24) is 4.98 Å². The molecule has 2 unspecified atom stereocenters. The Balaban J connectivity index is 2.44. The summed E-state index contributed by atoms with van der Waals surface area (Å²) in [6.45, 7) is 1.92. The summed E-state index contributed by atoms with van der Waals surface area (Å²) in [7, 11) is 0. The van der Waals surface area contributed by atoms with Crippen LogP contribution in [0.5, 0.6) is 0 Å². The number of halogens is 2.